The molecule has 182 valence electrons. The number of hydrogen-bond acceptors (Lipinski definition) is 5. The van der Waals surface area contributed by atoms with Gasteiger partial charge in [-0.05, 0) is 55.0 Å². The van der Waals surface area contributed by atoms with Crippen molar-refractivity contribution in [2.75, 3.05) is 9.62 Å². The largest absolute Gasteiger partial charge is 0.321 e. The molecule has 9 heteroatoms. The first-order chi connectivity index (χ1) is 17.3. The Balaban J connectivity index is 1.57. The van der Waals surface area contributed by atoms with Gasteiger partial charge in [0.1, 0.15) is 0 Å². The van der Waals surface area contributed by atoms with Crippen molar-refractivity contribution in [3.05, 3.63) is 130 Å². The average molecular weight is 502 g/mol. The number of para-hydroxylation sites is 1. The van der Waals surface area contributed by atoms with Gasteiger partial charge in [0.05, 0.1) is 33.3 Å². The number of nitrogens with zero attached hydrogens (tertiary/aromatic N) is 2. The van der Waals surface area contributed by atoms with Gasteiger partial charge in [0.25, 0.3) is 21.6 Å². The summed E-state index contributed by atoms with van der Waals surface area (Å²) in [5.41, 5.74) is 2.16. The van der Waals surface area contributed by atoms with Crippen molar-refractivity contribution in [2.24, 2.45) is 0 Å². The second kappa shape index (κ2) is 10.4. The van der Waals surface area contributed by atoms with E-state index < -0.39 is 20.9 Å². The van der Waals surface area contributed by atoms with Crippen molar-refractivity contribution in [3.63, 3.8) is 0 Å². The SMILES string of the molecule is Cc1c(NC(=O)c2ccc(CN(c3ccccc3)S(=O)(=O)c3ccccc3)cc2)cccc1[N+](=O)[O-]. The van der Waals surface area contributed by atoms with Crippen LogP contribution >= 0.6 is 0 Å². The fourth-order valence-corrected chi connectivity index (χ4v) is 5.18. The number of sulfonamides is 1. The number of nitro groups is 1. The Morgan fingerprint density at radius 3 is 2.08 bits per heavy atom. The number of carbonyl (C=O) groups is 1. The summed E-state index contributed by atoms with van der Waals surface area (Å²) in [6, 6.07) is 28.0. The van der Waals surface area contributed by atoms with Gasteiger partial charge in [0.2, 0.25) is 0 Å². The van der Waals surface area contributed by atoms with E-state index in [9.17, 15) is 23.3 Å². The summed E-state index contributed by atoms with van der Waals surface area (Å²) in [7, 11) is -3.84. The number of carbonyl (C=O) groups excluding carboxylic acids is 1. The van der Waals surface area contributed by atoms with Gasteiger partial charge in [0, 0.05) is 11.6 Å². The molecule has 0 aliphatic rings. The molecule has 0 spiro atoms. The van der Waals surface area contributed by atoms with Crippen LogP contribution in [0.15, 0.2) is 108 Å². The van der Waals surface area contributed by atoms with Crippen molar-refractivity contribution in [3.8, 4) is 0 Å². The molecule has 4 aromatic rings. The Bertz CT molecular complexity index is 1490. The number of benzene rings is 4. The van der Waals surface area contributed by atoms with Gasteiger partial charge >= 0.3 is 0 Å². The Morgan fingerprint density at radius 1 is 0.861 bits per heavy atom. The van der Waals surface area contributed by atoms with Gasteiger partial charge in [-0.15, -0.1) is 0 Å². The topological polar surface area (TPSA) is 110 Å². The second-order valence-corrected chi connectivity index (χ2v) is 9.88. The molecule has 1 N–H and O–H groups in total. The van der Waals surface area contributed by atoms with Crippen molar-refractivity contribution >= 4 is 33.0 Å². The summed E-state index contributed by atoms with van der Waals surface area (Å²) < 4.78 is 28.2. The minimum atomic E-state index is -3.84. The van der Waals surface area contributed by atoms with Crippen LogP contribution in [0, 0.1) is 17.0 Å². The average Bonchev–Trinajstić information content (AvgIpc) is 2.89. The zero-order valence-electron chi connectivity index (χ0n) is 19.4. The van der Waals surface area contributed by atoms with Crippen LogP contribution in [0.25, 0.3) is 0 Å². The highest BCUT2D eigenvalue weighted by Crippen LogP contribution is 2.27. The Morgan fingerprint density at radius 2 is 1.47 bits per heavy atom. The van der Waals surface area contributed by atoms with E-state index in [-0.39, 0.29) is 17.1 Å². The van der Waals surface area contributed by atoms with Gasteiger partial charge < -0.3 is 5.32 Å². The van der Waals surface area contributed by atoms with E-state index in [1.165, 1.54) is 16.4 Å². The zero-order chi connectivity index (χ0) is 25.7. The molecule has 0 fully saturated rings. The summed E-state index contributed by atoms with van der Waals surface area (Å²) in [6.45, 7) is 1.63. The maximum Gasteiger partial charge on any atom is 0.274 e. The minimum Gasteiger partial charge on any atom is -0.321 e. The molecule has 0 saturated carbocycles. The minimum absolute atomic E-state index is 0.0626. The summed E-state index contributed by atoms with van der Waals surface area (Å²) in [4.78, 5) is 23.6. The monoisotopic (exact) mass is 501 g/mol. The number of amides is 1. The molecule has 0 atom stereocenters. The van der Waals surface area contributed by atoms with Crippen LogP contribution in [-0.2, 0) is 16.6 Å². The van der Waals surface area contributed by atoms with Gasteiger partial charge in [-0.2, -0.15) is 0 Å². The lowest BCUT2D eigenvalue weighted by atomic mass is 10.1. The molecule has 36 heavy (non-hydrogen) atoms. The van der Waals surface area contributed by atoms with Crippen LogP contribution in [0.4, 0.5) is 17.1 Å². The molecule has 0 radical (unpaired) electrons. The van der Waals surface area contributed by atoms with Crippen LogP contribution < -0.4 is 9.62 Å². The lowest BCUT2D eigenvalue weighted by molar-refractivity contribution is -0.385. The second-order valence-electron chi connectivity index (χ2n) is 8.02. The van der Waals surface area contributed by atoms with Crippen LogP contribution in [0.1, 0.15) is 21.5 Å². The van der Waals surface area contributed by atoms with E-state index >= 15 is 0 Å². The van der Waals surface area contributed by atoms with Crippen molar-refractivity contribution in [1.29, 1.82) is 0 Å². The predicted octanol–water partition coefficient (Wildman–Crippen LogP) is 5.55. The van der Waals surface area contributed by atoms with E-state index in [1.54, 1.807) is 91.9 Å². The highest BCUT2D eigenvalue weighted by molar-refractivity contribution is 7.92. The lowest BCUT2D eigenvalue weighted by Gasteiger charge is -2.25. The normalized spacial score (nSPS) is 11.0. The first-order valence-electron chi connectivity index (χ1n) is 11.0. The molecule has 0 unspecified atom stereocenters. The van der Waals surface area contributed by atoms with Gasteiger partial charge in [-0.1, -0.05) is 54.6 Å². The van der Waals surface area contributed by atoms with Gasteiger partial charge in [-0.25, -0.2) is 8.42 Å². The number of nitro benzene ring substituents is 1. The summed E-state index contributed by atoms with van der Waals surface area (Å²) in [5, 5.41) is 13.9. The standard InChI is InChI=1S/C27H23N3O5S/c1-20-25(13-8-14-26(20)30(32)33)28-27(31)22-17-15-21(16-18-22)19-29(23-9-4-2-5-10-23)36(34,35)24-11-6-3-7-12-24/h2-18H,19H2,1H3,(H,28,31). The molecule has 0 bridgehead atoms. The molecule has 4 rings (SSSR count). The molecule has 1 amide bonds. The molecule has 0 heterocycles. The van der Waals surface area contributed by atoms with E-state index in [2.05, 4.69) is 5.32 Å². The van der Waals surface area contributed by atoms with Crippen molar-refractivity contribution in [2.45, 2.75) is 18.4 Å². The van der Waals surface area contributed by atoms with Crippen LogP contribution in [0.2, 0.25) is 0 Å². The van der Waals surface area contributed by atoms with Gasteiger partial charge in [-0.3, -0.25) is 19.2 Å². The van der Waals surface area contributed by atoms with Crippen LogP contribution in [-0.4, -0.2) is 19.2 Å². The first-order valence-corrected chi connectivity index (χ1v) is 12.5. The van der Waals surface area contributed by atoms with Crippen molar-refractivity contribution in [1.82, 2.24) is 0 Å². The molecule has 8 nitrogen and oxygen atoms in total. The first kappa shape index (κ1) is 24.6. The summed E-state index contributed by atoms with van der Waals surface area (Å²) >= 11 is 0. The van der Waals surface area contributed by atoms with E-state index in [1.807, 2.05) is 6.07 Å². The van der Waals surface area contributed by atoms with Gasteiger partial charge in [0.15, 0.2) is 0 Å². The van der Waals surface area contributed by atoms with E-state index in [0.29, 0.717) is 28.1 Å². The summed E-state index contributed by atoms with van der Waals surface area (Å²) in [5.74, 6) is -0.429. The van der Waals surface area contributed by atoms with E-state index in [0.717, 1.165) is 0 Å². The Hall–Kier alpha value is -4.50. The molecule has 0 aromatic heterocycles. The Kier molecular flexibility index (Phi) is 7.12. The predicted molar refractivity (Wildman–Crippen MR) is 138 cm³/mol. The third kappa shape index (κ3) is 5.26. The molecule has 0 aliphatic heterocycles. The third-order valence-corrected chi connectivity index (χ3v) is 7.46. The number of hydrogen-bond donors (Lipinski definition) is 1. The maximum atomic E-state index is 13.4. The van der Waals surface area contributed by atoms with Crippen LogP contribution in [0.3, 0.4) is 0 Å². The molecular weight excluding hydrogens is 478 g/mol. The highest BCUT2D eigenvalue weighted by Gasteiger charge is 2.25. The smallest absolute Gasteiger partial charge is 0.274 e. The van der Waals surface area contributed by atoms with Crippen LogP contribution in [0.5, 0.6) is 0 Å². The highest BCUT2D eigenvalue weighted by atomic mass is 32.2. The number of anilines is 2. The summed E-state index contributed by atoms with van der Waals surface area (Å²) in [6.07, 6.45) is 0. The molecule has 4 aromatic carbocycles. The quantitative estimate of drug-likeness (QED) is 0.251. The number of rotatable bonds is 8. The fourth-order valence-electron chi connectivity index (χ4n) is 3.71. The molecular formula is C27H23N3O5S. The van der Waals surface area contributed by atoms with E-state index in [4.69, 9.17) is 0 Å². The van der Waals surface area contributed by atoms with Crippen molar-refractivity contribution < 1.29 is 18.1 Å². The molecule has 0 aliphatic carbocycles. The Labute approximate surface area is 209 Å². The third-order valence-electron chi connectivity index (χ3n) is 5.67. The molecule has 0 saturated heterocycles. The maximum absolute atomic E-state index is 13.4. The fraction of sp³-hybridized carbons (Fsp3) is 0.0741. The number of nitrogens with one attached hydrogen (secondary N) is 1. The lowest BCUT2D eigenvalue weighted by Crippen LogP contribution is -2.30. The zero-order valence-corrected chi connectivity index (χ0v) is 20.2.